The maximum Gasteiger partial charge on any atom is 0.150 e. The van der Waals surface area contributed by atoms with E-state index in [1.165, 1.54) is 16.7 Å². The van der Waals surface area contributed by atoms with Crippen LogP contribution in [0.2, 0.25) is 0 Å². The fraction of sp³-hybridized carbons (Fsp3) is 0.0385. The van der Waals surface area contributed by atoms with Crippen molar-refractivity contribution in [3.8, 4) is 11.1 Å². The Hall–Kier alpha value is -3.65. The number of aldehydes is 1. The molecule has 0 amide bonds. The van der Waals surface area contributed by atoms with Crippen LogP contribution in [0.15, 0.2) is 103 Å². The Balaban J connectivity index is 1.81. The van der Waals surface area contributed by atoms with Gasteiger partial charge in [-0.05, 0) is 72.1 Å². The third kappa shape index (κ3) is 3.58. The first-order chi connectivity index (χ1) is 13.8. The molecule has 0 unspecified atom stereocenters. The van der Waals surface area contributed by atoms with Gasteiger partial charge in [0.2, 0.25) is 0 Å². The molecule has 0 bridgehead atoms. The molecule has 0 aliphatic heterocycles. The molecule has 0 N–H and O–H groups in total. The molecule has 0 saturated carbocycles. The van der Waals surface area contributed by atoms with Gasteiger partial charge in [0.25, 0.3) is 0 Å². The van der Waals surface area contributed by atoms with Crippen molar-refractivity contribution in [1.29, 1.82) is 0 Å². The van der Waals surface area contributed by atoms with Crippen molar-refractivity contribution in [1.82, 2.24) is 0 Å². The molecule has 0 fully saturated rings. The van der Waals surface area contributed by atoms with Crippen molar-refractivity contribution in [2.75, 3.05) is 4.90 Å². The summed E-state index contributed by atoms with van der Waals surface area (Å²) in [6, 6.07) is 34.9. The third-order valence-electron chi connectivity index (χ3n) is 4.85. The van der Waals surface area contributed by atoms with Gasteiger partial charge in [0.15, 0.2) is 0 Å². The molecular formula is C26H21NO. The summed E-state index contributed by atoms with van der Waals surface area (Å²) >= 11 is 0. The van der Waals surface area contributed by atoms with Crippen LogP contribution in [0.25, 0.3) is 11.1 Å². The number of hydrogen-bond acceptors (Lipinski definition) is 2. The van der Waals surface area contributed by atoms with Crippen molar-refractivity contribution in [3.63, 3.8) is 0 Å². The summed E-state index contributed by atoms with van der Waals surface area (Å²) in [4.78, 5) is 13.3. The Labute approximate surface area is 165 Å². The lowest BCUT2D eigenvalue weighted by Crippen LogP contribution is -2.11. The van der Waals surface area contributed by atoms with Crippen molar-refractivity contribution >= 4 is 23.3 Å². The molecule has 4 aromatic carbocycles. The molecule has 4 rings (SSSR count). The highest BCUT2D eigenvalue weighted by Gasteiger charge is 2.15. The van der Waals surface area contributed by atoms with E-state index in [2.05, 4.69) is 66.4 Å². The predicted octanol–water partition coefficient (Wildman–Crippen LogP) is 6.94. The Morgan fingerprint density at radius 2 is 1.25 bits per heavy atom. The number of anilines is 3. The maximum absolute atomic E-state index is 11.0. The molecule has 0 aliphatic carbocycles. The molecule has 2 heteroatoms. The van der Waals surface area contributed by atoms with Crippen LogP contribution in [-0.2, 0) is 0 Å². The topological polar surface area (TPSA) is 20.3 Å². The average Bonchev–Trinajstić information content (AvgIpc) is 2.77. The number of carbonyl (C=O) groups is 1. The molecule has 0 radical (unpaired) electrons. The van der Waals surface area contributed by atoms with E-state index in [0.29, 0.717) is 5.56 Å². The SMILES string of the molecule is Cc1cc(-c2ccccc2)ccc1N(c1ccccc1)c1ccc(C=O)cc1. The van der Waals surface area contributed by atoms with Gasteiger partial charge in [0.1, 0.15) is 6.29 Å². The molecular weight excluding hydrogens is 342 g/mol. The summed E-state index contributed by atoms with van der Waals surface area (Å²) in [5, 5.41) is 0. The molecule has 136 valence electrons. The largest absolute Gasteiger partial charge is 0.310 e. The van der Waals surface area contributed by atoms with E-state index >= 15 is 0 Å². The predicted molar refractivity (Wildman–Crippen MR) is 117 cm³/mol. The van der Waals surface area contributed by atoms with E-state index in [1.807, 2.05) is 48.5 Å². The number of hydrogen-bond donors (Lipinski definition) is 0. The minimum atomic E-state index is 0.674. The molecule has 4 aromatic rings. The van der Waals surface area contributed by atoms with E-state index in [4.69, 9.17) is 0 Å². The van der Waals surface area contributed by atoms with Crippen LogP contribution in [0.5, 0.6) is 0 Å². The fourth-order valence-electron chi connectivity index (χ4n) is 3.42. The monoisotopic (exact) mass is 363 g/mol. The quantitative estimate of drug-likeness (QED) is 0.358. The first kappa shape index (κ1) is 17.7. The van der Waals surface area contributed by atoms with E-state index in [1.54, 1.807) is 0 Å². The van der Waals surface area contributed by atoms with Crippen LogP contribution >= 0.6 is 0 Å². The molecule has 28 heavy (non-hydrogen) atoms. The highest BCUT2D eigenvalue weighted by molar-refractivity contribution is 5.82. The number of benzene rings is 4. The second-order valence-electron chi connectivity index (χ2n) is 6.75. The summed E-state index contributed by atoms with van der Waals surface area (Å²) in [6.07, 6.45) is 0.872. The van der Waals surface area contributed by atoms with Crippen LogP contribution in [0.1, 0.15) is 15.9 Å². The van der Waals surface area contributed by atoms with E-state index in [9.17, 15) is 4.79 Å². The molecule has 0 atom stereocenters. The highest BCUT2D eigenvalue weighted by atomic mass is 16.1. The summed E-state index contributed by atoms with van der Waals surface area (Å²) in [7, 11) is 0. The van der Waals surface area contributed by atoms with Gasteiger partial charge >= 0.3 is 0 Å². The molecule has 0 aromatic heterocycles. The van der Waals surface area contributed by atoms with Gasteiger partial charge in [0.05, 0.1) is 0 Å². The number of nitrogens with zero attached hydrogens (tertiary/aromatic N) is 1. The van der Waals surface area contributed by atoms with Crippen LogP contribution < -0.4 is 4.90 Å². The second kappa shape index (κ2) is 7.93. The Bertz CT molecular complexity index is 1070. The molecule has 0 saturated heterocycles. The lowest BCUT2D eigenvalue weighted by molar-refractivity contribution is 0.112. The summed E-state index contributed by atoms with van der Waals surface area (Å²) in [6.45, 7) is 2.14. The van der Waals surface area contributed by atoms with E-state index in [-0.39, 0.29) is 0 Å². The van der Waals surface area contributed by atoms with Crippen LogP contribution in [0, 0.1) is 6.92 Å². The average molecular weight is 363 g/mol. The van der Waals surface area contributed by atoms with E-state index < -0.39 is 0 Å². The zero-order chi connectivity index (χ0) is 19.3. The Kier molecular flexibility index (Phi) is 5.03. The number of rotatable bonds is 5. The second-order valence-corrected chi connectivity index (χ2v) is 6.75. The van der Waals surface area contributed by atoms with Crippen molar-refractivity contribution < 1.29 is 4.79 Å². The molecule has 2 nitrogen and oxygen atoms in total. The van der Waals surface area contributed by atoms with Crippen molar-refractivity contribution in [3.05, 3.63) is 114 Å². The van der Waals surface area contributed by atoms with Crippen LogP contribution in [-0.4, -0.2) is 6.29 Å². The lowest BCUT2D eigenvalue weighted by atomic mass is 10.0. The number of carbonyl (C=O) groups excluding carboxylic acids is 1. The van der Waals surface area contributed by atoms with Gasteiger partial charge in [0, 0.05) is 22.6 Å². The zero-order valence-electron chi connectivity index (χ0n) is 15.7. The summed E-state index contributed by atoms with van der Waals surface area (Å²) < 4.78 is 0. The first-order valence-electron chi connectivity index (χ1n) is 9.33. The number of aryl methyl sites for hydroxylation is 1. The smallest absolute Gasteiger partial charge is 0.150 e. The fourth-order valence-corrected chi connectivity index (χ4v) is 3.42. The van der Waals surface area contributed by atoms with Crippen molar-refractivity contribution in [2.45, 2.75) is 6.92 Å². The summed E-state index contributed by atoms with van der Waals surface area (Å²) in [5.74, 6) is 0. The number of para-hydroxylation sites is 1. The normalized spacial score (nSPS) is 10.5. The molecule has 0 heterocycles. The van der Waals surface area contributed by atoms with Gasteiger partial charge in [-0.25, -0.2) is 0 Å². The van der Waals surface area contributed by atoms with Crippen LogP contribution in [0.4, 0.5) is 17.1 Å². The highest BCUT2D eigenvalue weighted by Crippen LogP contribution is 2.37. The van der Waals surface area contributed by atoms with Gasteiger partial charge < -0.3 is 4.90 Å². The maximum atomic E-state index is 11.0. The van der Waals surface area contributed by atoms with Crippen LogP contribution in [0.3, 0.4) is 0 Å². The van der Waals surface area contributed by atoms with E-state index in [0.717, 1.165) is 23.3 Å². The Morgan fingerprint density at radius 3 is 1.86 bits per heavy atom. The molecule has 0 aliphatic rings. The third-order valence-corrected chi connectivity index (χ3v) is 4.85. The summed E-state index contributed by atoms with van der Waals surface area (Å²) in [5.41, 5.74) is 7.48. The lowest BCUT2D eigenvalue weighted by Gasteiger charge is -2.27. The van der Waals surface area contributed by atoms with Gasteiger partial charge in [-0.15, -0.1) is 0 Å². The first-order valence-corrected chi connectivity index (χ1v) is 9.33. The minimum absolute atomic E-state index is 0.674. The zero-order valence-corrected chi connectivity index (χ0v) is 15.7. The van der Waals surface area contributed by atoms with Gasteiger partial charge in [-0.1, -0.05) is 54.6 Å². The Morgan fingerprint density at radius 1 is 0.643 bits per heavy atom. The molecule has 0 spiro atoms. The van der Waals surface area contributed by atoms with Gasteiger partial charge in [-0.3, -0.25) is 4.79 Å². The van der Waals surface area contributed by atoms with Crippen molar-refractivity contribution in [2.24, 2.45) is 0 Å². The van der Waals surface area contributed by atoms with Gasteiger partial charge in [-0.2, -0.15) is 0 Å². The minimum Gasteiger partial charge on any atom is -0.310 e. The standard InChI is InChI=1S/C26H21NO/c1-20-18-23(22-8-4-2-5-9-22)14-17-26(20)27(24-10-6-3-7-11-24)25-15-12-21(19-28)13-16-25/h2-19H,1H3.